The van der Waals surface area contributed by atoms with Gasteiger partial charge in [0.1, 0.15) is 18.1 Å². The second-order valence-corrected chi connectivity index (χ2v) is 7.28. The van der Waals surface area contributed by atoms with E-state index in [1.54, 1.807) is 0 Å². The number of carbonyl (C=O) groups excluding carboxylic acids is 4. The number of hydrogen-bond acceptors (Lipinski definition) is 8. The van der Waals surface area contributed by atoms with E-state index in [-0.39, 0.29) is 5.92 Å². The molecule has 0 spiro atoms. The van der Waals surface area contributed by atoms with Gasteiger partial charge in [-0.15, -0.1) is 0 Å². The Morgan fingerprint density at radius 2 is 1.43 bits per heavy atom. The quantitative estimate of drug-likeness (QED) is 0.142. The van der Waals surface area contributed by atoms with Crippen LogP contribution in [0, 0.1) is 5.92 Å². The maximum atomic E-state index is 12.4. The summed E-state index contributed by atoms with van der Waals surface area (Å²) in [6.07, 6.45) is -1.74. The first-order valence-electron chi connectivity index (χ1n) is 9.26. The van der Waals surface area contributed by atoms with Crippen LogP contribution in [0.5, 0.6) is 0 Å². The van der Waals surface area contributed by atoms with Crippen molar-refractivity contribution in [2.45, 2.75) is 63.9 Å². The van der Waals surface area contributed by atoms with Gasteiger partial charge >= 0.3 is 5.97 Å². The van der Waals surface area contributed by atoms with Crippen LogP contribution < -0.4 is 27.4 Å². The van der Waals surface area contributed by atoms with E-state index in [0.29, 0.717) is 6.42 Å². The maximum Gasteiger partial charge on any atom is 0.326 e. The highest BCUT2D eigenvalue weighted by atomic mass is 16.4. The van der Waals surface area contributed by atoms with Crippen molar-refractivity contribution >= 4 is 29.6 Å². The third-order valence-electron chi connectivity index (χ3n) is 3.96. The highest BCUT2D eigenvalue weighted by molar-refractivity contribution is 5.95. The minimum Gasteiger partial charge on any atom is -0.480 e. The van der Waals surface area contributed by atoms with Gasteiger partial charge in [-0.05, 0) is 19.3 Å². The van der Waals surface area contributed by atoms with Crippen molar-refractivity contribution < 1.29 is 39.3 Å². The number of rotatable bonds is 13. The molecule has 13 nitrogen and oxygen atoms in total. The number of primary amides is 1. The molecule has 0 aromatic carbocycles. The summed E-state index contributed by atoms with van der Waals surface area (Å²) in [5.41, 5.74) is 10.7. The zero-order chi connectivity index (χ0) is 23.6. The smallest absolute Gasteiger partial charge is 0.326 e. The lowest BCUT2D eigenvalue weighted by molar-refractivity contribution is -0.144. The number of nitrogens with one attached hydrogen (secondary N) is 3. The van der Waals surface area contributed by atoms with E-state index >= 15 is 0 Å². The van der Waals surface area contributed by atoms with Crippen molar-refractivity contribution in [3.8, 4) is 0 Å². The monoisotopic (exact) mass is 433 g/mol. The largest absolute Gasteiger partial charge is 0.480 e. The fraction of sp³-hybridized carbons (Fsp3) is 0.706. The van der Waals surface area contributed by atoms with E-state index in [0.717, 1.165) is 0 Å². The fourth-order valence-electron chi connectivity index (χ4n) is 2.41. The van der Waals surface area contributed by atoms with Crippen LogP contribution in [0.2, 0.25) is 0 Å². The van der Waals surface area contributed by atoms with Crippen LogP contribution >= 0.6 is 0 Å². The zero-order valence-electron chi connectivity index (χ0n) is 17.1. The lowest BCUT2D eigenvalue weighted by Gasteiger charge is -2.25. The number of carboxylic acid groups (broad SMARTS) is 1. The number of aliphatic carboxylic acids is 1. The van der Waals surface area contributed by atoms with Gasteiger partial charge in [0.25, 0.3) is 0 Å². The van der Waals surface area contributed by atoms with Gasteiger partial charge in [-0.25, -0.2) is 4.79 Å². The Morgan fingerprint density at radius 1 is 0.900 bits per heavy atom. The number of aliphatic hydroxyl groups excluding tert-OH is 2. The number of carboxylic acids is 1. The zero-order valence-corrected chi connectivity index (χ0v) is 17.1. The summed E-state index contributed by atoms with van der Waals surface area (Å²) in [5.74, 6) is -5.23. The molecule has 172 valence electrons. The Bertz CT molecular complexity index is 640. The molecule has 0 heterocycles. The molecule has 0 bridgehead atoms. The number of hydrogen-bond donors (Lipinski definition) is 8. The molecule has 10 N–H and O–H groups in total. The second kappa shape index (κ2) is 12.7. The predicted octanol–water partition coefficient (Wildman–Crippen LogP) is -3.85. The average molecular weight is 433 g/mol. The lowest BCUT2D eigenvalue weighted by atomic mass is 10.0. The van der Waals surface area contributed by atoms with E-state index < -0.39 is 72.9 Å². The summed E-state index contributed by atoms with van der Waals surface area (Å²) >= 11 is 0. The van der Waals surface area contributed by atoms with Crippen LogP contribution in [-0.4, -0.2) is 81.8 Å². The molecular weight excluding hydrogens is 402 g/mol. The van der Waals surface area contributed by atoms with Gasteiger partial charge in [-0.1, -0.05) is 13.8 Å². The van der Waals surface area contributed by atoms with E-state index in [1.165, 1.54) is 6.92 Å². The van der Waals surface area contributed by atoms with Gasteiger partial charge in [0, 0.05) is 0 Å². The van der Waals surface area contributed by atoms with Gasteiger partial charge in [0.2, 0.25) is 23.6 Å². The highest BCUT2D eigenvalue weighted by Gasteiger charge is 2.32. The van der Waals surface area contributed by atoms with Crippen molar-refractivity contribution in [2.75, 3.05) is 6.61 Å². The van der Waals surface area contributed by atoms with Crippen LogP contribution in [0.4, 0.5) is 0 Å². The number of amides is 4. The van der Waals surface area contributed by atoms with Crippen molar-refractivity contribution in [3.63, 3.8) is 0 Å². The van der Waals surface area contributed by atoms with Gasteiger partial charge in [0.05, 0.1) is 25.2 Å². The third kappa shape index (κ3) is 9.62. The Morgan fingerprint density at radius 3 is 1.83 bits per heavy atom. The first-order chi connectivity index (χ1) is 13.8. The molecule has 5 atom stereocenters. The second-order valence-electron chi connectivity index (χ2n) is 7.28. The van der Waals surface area contributed by atoms with E-state index in [1.807, 2.05) is 19.2 Å². The van der Waals surface area contributed by atoms with Crippen LogP contribution in [0.3, 0.4) is 0 Å². The summed E-state index contributed by atoms with van der Waals surface area (Å²) in [6.45, 7) is 3.99. The Balaban J connectivity index is 5.17. The summed E-state index contributed by atoms with van der Waals surface area (Å²) < 4.78 is 0. The molecule has 0 aromatic heterocycles. The first-order valence-corrected chi connectivity index (χ1v) is 9.26. The van der Waals surface area contributed by atoms with Crippen molar-refractivity contribution in [2.24, 2.45) is 17.4 Å². The van der Waals surface area contributed by atoms with Crippen molar-refractivity contribution in [1.29, 1.82) is 0 Å². The predicted molar refractivity (Wildman–Crippen MR) is 103 cm³/mol. The molecule has 0 fully saturated rings. The maximum absolute atomic E-state index is 12.4. The lowest BCUT2D eigenvalue weighted by Crippen LogP contribution is -2.60. The Kier molecular flexibility index (Phi) is 11.5. The molecule has 0 aliphatic rings. The van der Waals surface area contributed by atoms with Gasteiger partial charge in [0.15, 0.2) is 0 Å². The molecule has 4 amide bonds. The van der Waals surface area contributed by atoms with Crippen LogP contribution in [0.15, 0.2) is 0 Å². The summed E-state index contributed by atoms with van der Waals surface area (Å²) in [7, 11) is 0. The molecule has 0 aromatic rings. The van der Waals surface area contributed by atoms with Crippen LogP contribution in [0.1, 0.15) is 33.6 Å². The van der Waals surface area contributed by atoms with Crippen LogP contribution in [0.25, 0.3) is 0 Å². The minimum absolute atomic E-state index is 0.106. The van der Waals surface area contributed by atoms with Gasteiger partial charge in [-0.3, -0.25) is 19.2 Å². The molecule has 5 unspecified atom stereocenters. The topological polar surface area (TPSA) is 234 Å². The molecule has 0 saturated heterocycles. The van der Waals surface area contributed by atoms with E-state index in [4.69, 9.17) is 16.6 Å². The van der Waals surface area contributed by atoms with Gasteiger partial charge < -0.3 is 42.7 Å². The SMILES string of the molecule is CC(C)CC(N)C(=O)NC(C(=O)NC(CO)C(=O)NC(CC(N)=O)C(=O)O)C(C)O. The Hall–Kier alpha value is -2.77. The first kappa shape index (κ1) is 27.2. The molecule has 0 saturated carbocycles. The van der Waals surface area contributed by atoms with E-state index in [9.17, 15) is 34.2 Å². The standard InChI is InChI=1S/C17H31N5O8/c1-7(2)4-9(18)14(26)22-13(8(3)24)16(28)21-11(6-23)15(27)20-10(17(29)30)5-12(19)25/h7-11,13,23-24H,4-6,18H2,1-3H3,(H2,19,25)(H,20,27)(H,21,28)(H,22,26)(H,29,30). The normalized spacial score (nSPS) is 16.0. The molecule has 0 radical (unpaired) electrons. The minimum atomic E-state index is -1.66. The fourth-order valence-corrected chi connectivity index (χ4v) is 2.41. The molecule has 0 rings (SSSR count). The van der Waals surface area contributed by atoms with Crippen molar-refractivity contribution in [1.82, 2.24) is 16.0 Å². The highest BCUT2D eigenvalue weighted by Crippen LogP contribution is 2.04. The number of nitrogens with two attached hydrogens (primary N) is 2. The number of aliphatic hydroxyl groups is 2. The summed E-state index contributed by atoms with van der Waals surface area (Å²) in [5, 5.41) is 34.6. The number of carbonyl (C=O) groups is 5. The van der Waals surface area contributed by atoms with E-state index in [2.05, 4.69) is 10.6 Å². The molecule has 13 heteroatoms. The van der Waals surface area contributed by atoms with Crippen molar-refractivity contribution in [3.05, 3.63) is 0 Å². The molecular formula is C17H31N5O8. The Labute approximate surface area is 173 Å². The summed E-state index contributed by atoms with van der Waals surface area (Å²) in [6, 6.07) is -5.70. The van der Waals surface area contributed by atoms with Gasteiger partial charge in [-0.2, -0.15) is 0 Å². The molecule has 0 aliphatic heterocycles. The molecule has 30 heavy (non-hydrogen) atoms. The molecule has 0 aliphatic carbocycles. The van der Waals surface area contributed by atoms with Crippen LogP contribution in [-0.2, 0) is 24.0 Å². The third-order valence-corrected chi connectivity index (χ3v) is 3.96. The summed E-state index contributed by atoms with van der Waals surface area (Å²) in [4.78, 5) is 58.8. The average Bonchev–Trinajstić information content (AvgIpc) is 2.61.